The van der Waals surface area contributed by atoms with Gasteiger partial charge in [-0.1, -0.05) is 32.9 Å². The summed E-state index contributed by atoms with van der Waals surface area (Å²) in [7, 11) is 1.75. The van der Waals surface area contributed by atoms with E-state index in [1.165, 1.54) is 5.52 Å². The number of benzene rings is 1. The molecule has 1 N–H and O–H groups in total. The zero-order valence-electron chi connectivity index (χ0n) is 13.6. The molecule has 0 aliphatic heterocycles. The zero-order chi connectivity index (χ0) is 15.2. The molecule has 0 aliphatic rings. The fourth-order valence-electron chi connectivity index (χ4n) is 2.62. The standard InChI is InChI=1S/C17H27N3O/c1-5-10-20-16-9-7-6-8-14(16)19-17(20)11-18-15(12-21-4)13(2)3/h6-9,13,15,18H,5,10-12H2,1-4H3. The largest absolute Gasteiger partial charge is 0.383 e. The Morgan fingerprint density at radius 3 is 2.71 bits per heavy atom. The normalized spacial score (nSPS) is 13.2. The summed E-state index contributed by atoms with van der Waals surface area (Å²) in [6.07, 6.45) is 1.11. The average molecular weight is 289 g/mol. The Kier molecular flexibility index (Phi) is 5.76. The van der Waals surface area contributed by atoms with Gasteiger partial charge in [0.2, 0.25) is 0 Å². The fraction of sp³-hybridized carbons (Fsp3) is 0.588. The van der Waals surface area contributed by atoms with Gasteiger partial charge in [-0.05, 0) is 24.5 Å². The van der Waals surface area contributed by atoms with E-state index in [-0.39, 0.29) is 0 Å². The lowest BCUT2D eigenvalue weighted by atomic mass is 10.1. The Labute approximate surface area is 127 Å². The van der Waals surface area contributed by atoms with E-state index in [1.807, 2.05) is 6.07 Å². The number of para-hydroxylation sites is 2. The maximum Gasteiger partial charge on any atom is 0.123 e. The molecule has 0 aliphatic carbocycles. The number of aryl methyl sites for hydroxylation is 1. The highest BCUT2D eigenvalue weighted by Gasteiger charge is 2.15. The van der Waals surface area contributed by atoms with Crippen molar-refractivity contribution in [2.45, 2.75) is 46.3 Å². The number of imidazole rings is 1. The number of ether oxygens (including phenoxy) is 1. The molecule has 1 atom stereocenters. The van der Waals surface area contributed by atoms with Gasteiger partial charge in [-0.3, -0.25) is 0 Å². The first-order valence-corrected chi connectivity index (χ1v) is 7.83. The third-order valence-electron chi connectivity index (χ3n) is 3.85. The fourth-order valence-corrected chi connectivity index (χ4v) is 2.62. The van der Waals surface area contributed by atoms with Gasteiger partial charge >= 0.3 is 0 Å². The Balaban J connectivity index is 2.18. The van der Waals surface area contributed by atoms with Crippen LogP contribution in [0.2, 0.25) is 0 Å². The number of nitrogens with one attached hydrogen (secondary N) is 1. The van der Waals surface area contributed by atoms with E-state index in [0.717, 1.165) is 37.5 Å². The smallest absolute Gasteiger partial charge is 0.123 e. The van der Waals surface area contributed by atoms with Gasteiger partial charge in [-0.2, -0.15) is 0 Å². The number of hydrogen-bond donors (Lipinski definition) is 1. The molecule has 0 amide bonds. The summed E-state index contributed by atoms with van der Waals surface area (Å²) in [4.78, 5) is 4.78. The minimum absolute atomic E-state index is 0.352. The second-order valence-electron chi connectivity index (χ2n) is 5.86. The predicted molar refractivity (Wildman–Crippen MR) is 87.4 cm³/mol. The third kappa shape index (κ3) is 3.83. The van der Waals surface area contributed by atoms with Crippen molar-refractivity contribution in [3.63, 3.8) is 0 Å². The topological polar surface area (TPSA) is 39.1 Å². The lowest BCUT2D eigenvalue weighted by molar-refractivity contribution is 0.146. The molecule has 0 saturated heterocycles. The second-order valence-corrected chi connectivity index (χ2v) is 5.86. The first-order chi connectivity index (χ1) is 10.2. The van der Waals surface area contributed by atoms with Gasteiger partial charge in [0, 0.05) is 19.7 Å². The maximum absolute atomic E-state index is 5.30. The number of aromatic nitrogens is 2. The maximum atomic E-state index is 5.30. The minimum atomic E-state index is 0.352. The van der Waals surface area contributed by atoms with E-state index in [1.54, 1.807) is 7.11 Å². The van der Waals surface area contributed by atoms with Crippen LogP contribution < -0.4 is 5.32 Å². The van der Waals surface area contributed by atoms with Crippen LogP contribution in [0.1, 0.15) is 33.0 Å². The summed E-state index contributed by atoms with van der Waals surface area (Å²) in [5.74, 6) is 1.65. The lowest BCUT2D eigenvalue weighted by Crippen LogP contribution is -2.37. The highest BCUT2D eigenvalue weighted by molar-refractivity contribution is 5.75. The number of methoxy groups -OCH3 is 1. The Bertz CT molecular complexity index is 562. The van der Waals surface area contributed by atoms with Crippen molar-refractivity contribution in [2.75, 3.05) is 13.7 Å². The third-order valence-corrected chi connectivity index (χ3v) is 3.85. The van der Waals surface area contributed by atoms with Crippen LogP contribution in [0.15, 0.2) is 24.3 Å². The van der Waals surface area contributed by atoms with Crippen molar-refractivity contribution in [3.05, 3.63) is 30.1 Å². The summed E-state index contributed by atoms with van der Waals surface area (Å²) in [6.45, 7) is 9.14. The molecule has 4 nitrogen and oxygen atoms in total. The van der Waals surface area contributed by atoms with E-state index in [0.29, 0.717) is 12.0 Å². The van der Waals surface area contributed by atoms with Crippen molar-refractivity contribution in [3.8, 4) is 0 Å². The molecule has 0 spiro atoms. The molecule has 4 heteroatoms. The highest BCUT2D eigenvalue weighted by atomic mass is 16.5. The monoisotopic (exact) mass is 289 g/mol. The van der Waals surface area contributed by atoms with Crippen LogP contribution in [0.25, 0.3) is 11.0 Å². The molecule has 1 heterocycles. The average Bonchev–Trinajstić information content (AvgIpc) is 2.82. The van der Waals surface area contributed by atoms with Crippen molar-refractivity contribution < 1.29 is 4.74 Å². The van der Waals surface area contributed by atoms with Crippen LogP contribution in [-0.4, -0.2) is 29.3 Å². The van der Waals surface area contributed by atoms with Crippen LogP contribution >= 0.6 is 0 Å². The highest BCUT2D eigenvalue weighted by Crippen LogP contribution is 2.17. The Hall–Kier alpha value is -1.39. The van der Waals surface area contributed by atoms with Crippen LogP contribution in [0, 0.1) is 5.92 Å². The number of hydrogen-bond acceptors (Lipinski definition) is 3. The molecule has 2 aromatic rings. The summed E-state index contributed by atoms with van der Waals surface area (Å²) >= 11 is 0. The van der Waals surface area contributed by atoms with Crippen molar-refractivity contribution in [2.24, 2.45) is 5.92 Å². The lowest BCUT2D eigenvalue weighted by Gasteiger charge is -2.21. The molecule has 1 aromatic heterocycles. The summed E-state index contributed by atoms with van der Waals surface area (Å²) in [6, 6.07) is 8.71. The summed E-state index contributed by atoms with van der Waals surface area (Å²) in [5, 5.41) is 3.59. The van der Waals surface area contributed by atoms with Gasteiger partial charge in [-0.25, -0.2) is 4.98 Å². The zero-order valence-corrected chi connectivity index (χ0v) is 13.6. The van der Waals surface area contributed by atoms with Crippen LogP contribution in [-0.2, 0) is 17.8 Å². The van der Waals surface area contributed by atoms with Crippen LogP contribution in [0.3, 0.4) is 0 Å². The molecule has 21 heavy (non-hydrogen) atoms. The molecule has 1 unspecified atom stereocenters. The van der Waals surface area contributed by atoms with Gasteiger partial charge in [0.1, 0.15) is 5.82 Å². The molecule has 116 valence electrons. The van der Waals surface area contributed by atoms with E-state index < -0.39 is 0 Å². The minimum Gasteiger partial charge on any atom is -0.383 e. The van der Waals surface area contributed by atoms with Gasteiger partial charge in [0.15, 0.2) is 0 Å². The number of rotatable bonds is 8. The predicted octanol–water partition coefficient (Wildman–Crippen LogP) is 3.21. The van der Waals surface area contributed by atoms with E-state index in [2.05, 4.69) is 48.9 Å². The van der Waals surface area contributed by atoms with Crippen molar-refractivity contribution >= 4 is 11.0 Å². The van der Waals surface area contributed by atoms with Gasteiger partial charge in [-0.15, -0.1) is 0 Å². The molecule has 1 aromatic carbocycles. The van der Waals surface area contributed by atoms with Crippen molar-refractivity contribution in [1.29, 1.82) is 0 Å². The second kappa shape index (κ2) is 7.57. The van der Waals surface area contributed by atoms with Crippen LogP contribution in [0.4, 0.5) is 0 Å². The molecular weight excluding hydrogens is 262 g/mol. The van der Waals surface area contributed by atoms with E-state index >= 15 is 0 Å². The molecule has 0 radical (unpaired) electrons. The molecular formula is C17H27N3O. The van der Waals surface area contributed by atoms with Gasteiger partial charge < -0.3 is 14.6 Å². The molecule has 0 bridgehead atoms. The SMILES string of the molecule is CCCn1c(CNC(COC)C(C)C)nc2ccccc21. The molecule has 2 rings (SSSR count). The van der Waals surface area contributed by atoms with E-state index in [4.69, 9.17) is 9.72 Å². The Morgan fingerprint density at radius 2 is 2.05 bits per heavy atom. The first-order valence-electron chi connectivity index (χ1n) is 7.83. The Morgan fingerprint density at radius 1 is 1.29 bits per heavy atom. The number of fused-ring (bicyclic) bond motifs is 1. The van der Waals surface area contributed by atoms with Gasteiger partial charge in [0.05, 0.1) is 24.2 Å². The number of nitrogens with zero attached hydrogens (tertiary/aromatic N) is 2. The van der Waals surface area contributed by atoms with Crippen LogP contribution in [0.5, 0.6) is 0 Å². The van der Waals surface area contributed by atoms with E-state index in [9.17, 15) is 0 Å². The summed E-state index contributed by atoms with van der Waals surface area (Å²) in [5.41, 5.74) is 2.31. The summed E-state index contributed by atoms with van der Waals surface area (Å²) < 4.78 is 7.63. The van der Waals surface area contributed by atoms with Crippen molar-refractivity contribution in [1.82, 2.24) is 14.9 Å². The quantitative estimate of drug-likeness (QED) is 0.811. The molecule has 0 fully saturated rings. The molecule has 0 saturated carbocycles. The van der Waals surface area contributed by atoms with Gasteiger partial charge in [0.25, 0.3) is 0 Å². The first kappa shape index (κ1) is 16.0.